The minimum Gasteiger partial charge on any atom is -0.391 e. The molecule has 0 saturated carbocycles. The molecule has 0 unspecified atom stereocenters. The summed E-state index contributed by atoms with van der Waals surface area (Å²) in [6, 6.07) is 7.55. The summed E-state index contributed by atoms with van der Waals surface area (Å²) in [5.74, 6) is 0.550. The molecule has 0 spiro atoms. The van der Waals surface area contributed by atoms with Gasteiger partial charge in [-0.25, -0.2) is 9.97 Å². The molecule has 8 heteroatoms. The van der Waals surface area contributed by atoms with Crippen LogP contribution in [0.5, 0.6) is 0 Å². The Kier molecular flexibility index (Phi) is 6.20. The summed E-state index contributed by atoms with van der Waals surface area (Å²) in [5, 5.41) is 10.3. The van der Waals surface area contributed by atoms with Gasteiger partial charge in [-0.05, 0) is 23.5 Å². The van der Waals surface area contributed by atoms with Gasteiger partial charge in [0.25, 0.3) is 0 Å². The van der Waals surface area contributed by atoms with E-state index >= 15 is 0 Å². The summed E-state index contributed by atoms with van der Waals surface area (Å²) in [7, 11) is 0. The van der Waals surface area contributed by atoms with Gasteiger partial charge in [-0.3, -0.25) is 4.79 Å². The molecule has 1 aromatic carbocycles. The van der Waals surface area contributed by atoms with Gasteiger partial charge in [0.1, 0.15) is 5.82 Å². The summed E-state index contributed by atoms with van der Waals surface area (Å²) in [5.41, 5.74) is 12.1. The zero-order valence-corrected chi connectivity index (χ0v) is 19.8. The molecule has 0 aliphatic carbocycles. The van der Waals surface area contributed by atoms with E-state index in [1.54, 1.807) is 16.2 Å². The van der Waals surface area contributed by atoms with Crippen LogP contribution in [-0.4, -0.2) is 49.6 Å². The maximum absolute atomic E-state index is 13.0. The second-order valence-corrected chi connectivity index (χ2v) is 10.5. The van der Waals surface area contributed by atoms with Gasteiger partial charge in [-0.2, -0.15) is 0 Å². The van der Waals surface area contributed by atoms with E-state index in [1.165, 1.54) is 16.0 Å². The number of hydrogen-bond acceptors (Lipinski definition) is 6. The van der Waals surface area contributed by atoms with Crippen molar-refractivity contribution < 1.29 is 9.90 Å². The number of aromatic nitrogens is 3. The Balaban J connectivity index is 1.48. The van der Waals surface area contributed by atoms with Gasteiger partial charge in [-0.15, -0.1) is 11.3 Å². The van der Waals surface area contributed by atoms with E-state index in [0.717, 1.165) is 11.4 Å². The Morgan fingerprint density at radius 1 is 1.31 bits per heavy atom. The molecule has 1 fully saturated rings. The first-order valence-corrected chi connectivity index (χ1v) is 11.8. The van der Waals surface area contributed by atoms with Crippen LogP contribution in [0, 0.1) is 12.3 Å². The topological polar surface area (TPSA) is 108 Å². The normalized spacial score (nSPS) is 20.0. The van der Waals surface area contributed by atoms with Crippen LogP contribution in [-0.2, 0) is 11.2 Å². The monoisotopic (exact) mass is 453 g/mol. The molecule has 3 aromatic rings. The number of amides is 1. The third-order valence-electron chi connectivity index (χ3n) is 6.08. The lowest BCUT2D eigenvalue weighted by Crippen LogP contribution is -2.50. The molecule has 3 heterocycles. The van der Waals surface area contributed by atoms with Crippen LogP contribution in [0.15, 0.2) is 36.0 Å². The number of aryl methyl sites for hydroxylation is 1. The van der Waals surface area contributed by atoms with Crippen molar-refractivity contribution in [1.82, 2.24) is 19.9 Å². The van der Waals surface area contributed by atoms with Gasteiger partial charge in [0.2, 0.25) is 5.91 Å². The van der Waals surface area contributed by atoms with Gasteiger partial charge in [0.05, 0.1) is 34.3 Å². The number of nitrogens with one attached hydrogen (secondary N) is 1. The van der Waals surface area contributed by atoms with Crippen molar-refractivity contribution in [1.29, 1.82) is 0 Å². The number of hydrogen-bond donors (Lipinski definition) is 3. The van der Waals surface area contributed by atoms with Gasteiger partial charge in [-0.1, -0.05) is 45.0 Å². The molecule has 1 aliphatic rings. The number of rotatable bonds is 5. The number of nitrogens with zero attached hydrogens (tertiary/aromatic N) is 3. The van der Waals surface area contributed by atoms with Crippen molar-refractivity contribution in [3.05, 3.63) is 58.7 Å². The highest BCUT2D eigenvalue weighted by Gasteiger charge is 2.41. The summed E-state index contributed by atoms with van der Waals surface area (Å²) >= 11 is 1.65. The minimum atomic E-state index is -0.634. The van der Waals surface area contributed by atoms with Crippen LogP contribution >= 0.6 is 11.3 Å². The number of aromatic amines is 1. The van der Waals surface area contributed by atoms with Gasteiger partial charge < -0.3 is 20.7 Å². The van der Waals surface area contributed by atoms with Crippen LogP contribution in [0.3, 0.4) is 0 Å². The minimum absolute atomic E-state index is 0.147. The molecule has 0 radical (unpaired) electrons. The largest absolute Gasteiger partial charge is 0.391 e. The van der Waals surface area contributed by atoms with E-state index in [1.807, 2.05) is 39.4 Å². The van der Waals surface area contributed by atoms with Crippen LogP contribution in [0.2, 0.25) is 0 Å². The number of likely N-dealkylation sites (tertiary alicyclic amines) is 1. The predicted molar refractivity (Wildman–Crippen MR) is 126 cm³/mol. The molecule has 1 aliphatic heterocycles. The highest BCUT2D eigenvalue weighted by atomic mass is 32.1. The van der Waals surface area contributed by atoms with E-state index in [2.05, 4.69) is 39.2 Å². The van der Waals surface area contributed by atoms with Crippen molar-refractivity contribution in [2.45, 2.75) is 58.7 Å². The Morgan fingerprint density at radius 3 is 2.66 bits per heavy atom. The van der Waals surface area contributed by atoms with E-state index in [4.69, 9.17) is 5.73 Å². The summed E-state index contributed by atoms with van der Waals surface area (Å²) < 4.78 is 0. The first kappa shape index (κ1) is 22.6. The molecule has 1 saturated heterocycles. The van der Waals surface area contributed by atoms with Crippen LogP contribution in [0.25, 0.3) is 10.4 Å². The smallest absolute Gasteiger partial charge is 0.240 e. The Labute approximate surface area is 192 Å². The predicted octanol–water partition coefficient (Wildman–Crippen LogP) is 3.44. The fourth-order valence-corrected chi connectivity index (χ4v) is 4.89. The Hall–Kier alpha value is -2.55. The van der Waals surface area contributed by atoms with Gasteiger partial charge >= 0.3 is 0 Å². The molecular formula is C24H31N5O2S. The standard InChI is InChI=1S/C24H31N5O2S/c1-14-20(32-13-27-14)16-7-5-15(6-8-16)9-17-11-26-22(28-17)19-10-18(30)12-29(19)23(31)21(25)24(2,3)4/h5-8,11,13,18-19,21,30H,9-10,12,25H2,1-4H3,(H,26,28)/t18-,19+,21-/m1/s1. The lowest BCUT2D eigenvalue weighted by Gasteiger charge is -2.32. The molecule has 7 nitrogen and oxygen atoms in total. The van der Waals surface area contributed by atoms with Crippen LogP contribution in [0.1, 0.15) is 56.0 Å². The number of thiazole rings is 1. The maximum Gasteiger partial charge on any atom is 0.240 e. The molecule has 4 N–H and O–H groups in total. The number of aliphatic hydroxyl groups excluding tert-OH is 1. The number of carbonyl (C=O) groups excluding carboxylic acids is 1. The number of benzene rings is 1. The van der Waals surface area contributed by atoms with Crippen molar-refractivity contribution in [2.75, 3.05) is 6.54 Å². The van der Waals surface area contributed by atoms with E-state index in [0.29, 0.717) is 18.7 Å². The number of imidazole rings is 1. The number of aliphatic hydroxyl groups is 1. The lowest BCUT2D eigenvalue weighted by molar-refractivity contribution is -0.136. The lowest BCUT2D eigenvalue weighted by atomic mass is 9.86. The molecule has 1 amide bonds. The average molecular weight is 454 g/mol. The van der Waals surface area contributed by atoms with E-state index in [-0.39, 0.29) is 23.9 Å². The maximum atomic E-state index is 13.0. The molecule has 4 rings (SSSR count). The second-order valence-electron chi connectivity index (χ2n) is 9.67. The first-order valence-electron chi connectivity index (χ1n) is 10.9. The molecular weight excluding hydrogens is 422 g/mol. The average Bonchev–Trinajstić information content (AvgIpc) is 3.47. The third kappa shape index (κ3) is 4.62. The number of carbonyl (C=O) groups is 1. The quantitative estimate of drug-likeness (QED) is 0.548. The third-order valence-corrected chi connectivity index (χ3v) is 7.06. The van der Waals surface area contributed by atoms with Gasteiger partial charge in [0.15, 0.2) is 0 Å². The number of H-pyrrole nitrogens is 1. The highest BCUT2D eigenvalue weighted by Crippen LogP contribution is 2.33. The number of nitrogens with two attached hydrogens (primary N) is 1. The Morgan fingerprint density at radius 2 is 2.03 bits per heavy atom. The fourth-order valence-electron chi connectivity index (χ4n) is 4.07. The summed E-state index contributed by atoms with van der Waals surface area (Å²) in [6.45, 7) is 8.15. The van der Waals surface area contributed by atoms with E-state index < -0.39 is 12.1 Å². The SMILES string of the molecule is Cc1ncsc1-c1ccc(Cc2cnc([C@@H]3C[C@@H](O)CN3C(=O)[C@@H](N)C(C)(C)C)[nH]2)cc1. The molecule has 3 atom stereocenters. The first-order chi connectivity index (χ1) is 15.1. The highest BCUT2D eigenvalue weighted by molar-refractivity contribution is 7.13. The van der Waals surface area contributed by atoms with Crippen molar-refractivity contribution in [2.24, 2.45) is 11.1 Å². The van der Waals surface area contributed by atoms with Crippen molar-refractivity contribution >= 4 is 17.2 Å². The summed E-state index contributed by atoms with van der Waals surface area (Å²) in [4.78, 5) is 28.1. The van der Waals surface area contributed by atoms with Gasteiger partial charge in [0, 0.05) is 31.3 Å². The zero-order chi connectivity index (χ0) is 23.0. The Bertz CT molecular complexity index is 1080. The molecule has 2 aromatic heterocycles. The van der Waals surface area contributed by atoms with Crippen molar-refractivity contribution in [3.63, 3.8) is 0 Å². The van der Waals surface area contributed by atoms with Crippen molar-refractivity contribution in [3.8, 4) is 10.4 Å². The molecule has 32 heavy (non-hydrogen) atoms. The number of β-amino-alcohol motifs (C(OH)–C–C–N with tert-alkyl or cyclic N) is 1. The van der Waals surface area contributed by atoms with E-state index in [9.17, 15) is 9.90 Å². The summed E-state index contributed by atoms with van der Waals surface area (Å²) in [6.07, 6.45) is 2.40. The molecule has 170 valence electrons. The molecule has 0 bridgehead atoms. The fraction of sp³-hybridized carbons (Fsp3) is 0.458. The second kappa shape index (κ2) is 8.77. The zero-order valence-electron chi connectivity index (χ0n) is 19.0. The van der Waals surface area contributed by atoms with Crippen LogP contribution < -0.4 is 5.73 Å². The van der Waals surface area contributed by atoms with Crippen LogP contribution in [0.4, 0.5) is 0 Å².